The molecule has 5 nitrogen and oxygen atoms in total. The van der Waals surface area contributed by atoms with Crippen LogP contribution in [0, 0.1) is 0 Å². The fraction of sp³-hybridized carbons (Fsp3) is 0.286. The lowest BCUT2D eigenvalue weighted by molar-refractivity contribution is -0.116. The summed E-state index contributed by atoms with van der Waals surface area (Å²) in [5.74, 6) is -0.837. The van der Waals surface area contributed by atoms with E-state index in [1.54, 1.807) is 18.2 Å². The van der Waals surface area contributed by atoms with E-state index in [0.29, 0.717) is 18.9 Å². The molecule has 0 aliphatic rings. The third-order valence-corrected chi connectivity index (χ3v) is 2.43. The predicted octanol–water partition coefficient (Wildman–Crippen LogP) is 1.85. The molecule has 102 valence electrons. The highest BCUT2D eigenvalue weighted by Crippen LogP contribution is 2.17. The van der Waals surface area contributed by atoms with Gasteiger partial charge in [0.1, 0.15) is 11.3 Å². The summed E-state index contributed by atoms with van der Waals surface area (Å²) in [7, 11) is 0. The number of nitrogens with one attached hydrogen (secondary N) is 1. The van der Waals surface area contributed by atoms with Gasteiger partial charge in [0.05, 0.1) is 6.61 Å². The molecule has 0 saturated carbocycles. The first-order valence-corrected chi connectivity index (χ1v) is 6.00. The minimum Gasteiger partial charge on any atom is -0.493 e. The summed E-state index contributed by atoms with van der Waals surface area (Å²) in [5, 5.41) is 11.6. The number of rotatable bonds is 8. The summed E-state index contributed by atoms with van der Waals surface area (Å²) in [6, 6.07) is 6.51. The molecule has 5 heteroatoms. The van der Waals surface area contributed by atoms with Gasteiger partial charge in [-0.25, -0.2) is 4.79 Å². The number of unbranched alkanes of at least 4 members (excludes halogenated alkanes) is 1. The first-order chi connectivity index (χ1) is 9.15. The van der Waals surface area contributed by atoms with Crippen LogP contribution in [0.4, 0.5) is 0 Å². The highest BCUT2D eigenvalue weighted by molar-refractivity contribution is 5.90. The van der Waals surface area contributed by atoms with Crippen molar-refractivity contribution in [1.29, 1.82) is 0 Å². The van der Waals surface area contributed by atoms with Crippen LogP contribution in [0.15, 0.2) is 36.9 Å². The predicted molar refractivity (Wildman–Crippen MR) is 71.3 cm³/mol. The Morgan fingerprint density at radius 2 is 2.05 bits per heavy atom. The van der Waals surface area contributed by atoms with Crippen LogP contribution in [0.5, 0.6) is 5.75 Å². The normalized spacial score (nSPS) is 9.68. The maximum Gasteiger partial charge on any atom is 0.339 e. The van der Waals surface area contributed by atoms with E-state index in [1.165, 1.54) is 12.1 Å². The quantitative estimate of drug-likeness (QED) is 0.554. The number of para-hydroxylation sites is 1. The average molecular weight is 263 g/mol. The van der Waals surface area contributed by atoms with E-state index in [-0.39, 0.29) is 11.5 Å². The molecule has 2 N–H and O–H groups in total. The van der Waals surface area contributed by atoms with Crippen LogP contribution < -0.4 is 10.1 Å². The second kappa shape index (κ2) is 7.92. The van der Waals surface area contributed by atoms with Crippen molar-refractivity contribution in [1.82, 2.24) is 5.32 Å². The van der Waals surface area contributed by atoms with Crippen molar-refractivity contribution in [3.8, 4) is 5.75 Å². The summed E-state index contributed by atoms with van der Waals surface area (Å²) in [6.45, 7) is 4.31. The van der Waals surface area contributed by atoms with E-state index >= 15 is 0 Å². The van der Waals surface area contributed by atoms with Gasteiger partial charge in [0, 0.05) is 6.54 Å². The molecule has 0 aromatic heterocycles. The molecule has 0 radical (unpaired) electrons. The molecule has 0 heterocycles. The van der Waals surface area contributed by atoms with Gasteiger partial charge in [0.25, 0.3) is 0 Å². The molecule has 1 aromatic rings. The molecule has 19 heavy (non-hydrogen) atoms. The Labute approximate surface area is 111 Å². The summed E-state index contributed by atoms with van der Waals surface area (Å²) < 4.78 is 5.42. The van der Waals surface area contributed by atoms with Gasteiger partial charge in [0.2, 0.25) is 5.91 Å². The molecule has 0 unspecified atom stereocenters. The Bertz CT molecular complexity index is 457. The van der Waals surface area contributed by atoms with Crippen molar-refractivity contribution < 1.29 is 19.4 Å². The molecule has 0 aliphatic carbocycles. The first kappa shape index (κ1) is 14.8. The minimum atomic E-state index is -1.01. The largest absolute Gasteiger partial charge is 0.493 e. The molecule has 0 saturated heterocycles. The van der Waals surface area contributed by atoms with Gasteiger partial charge >= 0.3 is 5.97 Å². The molecular weight excluding hydrogens is 246 g/mol. The number of carboxylic acid groups (broad SMARTS) is 1. The van der Waals surface area contributed by atoms with Gasteiger partial charge in [-0.1, -0.05) is 18.7 Å². The second-order valence-electron chi connectivity index (χ2n) is 3.85. The standard InChI is InChI=1S/C14H17NO4/c1-2-13(16)15-9-5-6-10-19-12-8-4-3-7-11(12)14(17)18/h2-4,7-8H,1,5-6,9-10H2,(H,15,16)(H,17,18). The van der Waals surface area contributed by atoms with Crippen LogP contribution in [-0.4, -0.2) is 30.1 Å². The monoisotopic (exact) mass is 263 g/mol. The zero-order chi connectivity index (χ0) is 14.1. The van der Waals surface area contributed by atoms with Crippen molar-refractivity contribution in [2.75, 3.05) is 13.2 Å². The number of carbonyl (C=O) groups is 2. The van der Waals surface area contributed by atoms with Crippen molar-refractivity contribution in [3.63, 3.8) is 0 Å². The van der Waals surface area contributed by atoms with E-state index in [9.17, 15) is 9.59 Å². The van der Waals surface area contributed by atoms with Crippen molar-refractivity contribution in [2.45, 2.75) is 12.8 Å². The number of hydrogen-bond acceptors (Lipinski definition) is 3. The van der Waals surface area contributed by atoms with Crippen molar-refractivity contribution in [2.24, 2.45) is 0 Å². The fourth-order valence-electron chi connectivity index (χ4n) is 1.46. The molecule has 0 fully saturated rings. The van der Waals surface area contributed by atoms with Crippen LogP contribution in [0.1, 0.15) is 23.2 Å². The van der Waals surface area contributed by atoms with E-state index in [4.69, 9.17) is 9.84 Å². The van der Waals surface area contributed by atoms with Crippen LogP contribution >= 0.6 is 0 Å². The number of hydrogen-bond donors (Lipinski definition) is 2. The highest BCUT2D eigenvalue weighted by Gasteiger charge is 2.09. The van der Waals surface area contributed by atoms with Gasteiger partial charge in [-0.2, -0.15) is 0 Å². The molecule has 0 spiro atoms. The number of carboxylic acids is 1. The SMILES string of the molecule is C=CC(=O)NCCCCOc1ccccc1C(=O)O. The zero-order valence-corrected chi connectivity index (χ0v) is 10.6. The van der Waals surface area contributed by atoms with E-state index in [2.05, 4.69) is 11.9 Å². The molecule has 0 aliphatic heterocycles. The maximum absolute atomic E-state index is 10.9. The lowest BCUT2D eigenvalue weighted by Crippen LogP contribution is -2.22. The number of aromatic carboxylic acids is 1. The van der Waals surface area contributed by atoms with Crippen molar-refractivity contribution in [3.05, 3.63) is 42.5 Å². The van der Waals surface area contributed by atoms with Gasteiger partial charge in [-0.15, -0.1) is 0 Å². The topological polar surface area (TPSA) is 75.6 Å². The maximum atomic E-state index is 10.9. The number of carbonyl (C=O) groups excluding carboxylic acids is 1. The van der Waals surface area contributed by atoms with Gasteiger partial charge in [0.15, 0.2) is 0 Å². The summed E-state index contributed by atoms with van der Waals surface area (Å²) in [5.41, 5.74) is 0.155. The molecule has 1 aromatic carbocycles. The summed E-state index contributed by atoms with van der Waals surface area (Å²) >= 11 is 0. The van der Waals surface area contributed by atoms with Crippen LogP contribution in [0.25, 0.3) is 0 Å². The number of ether oxygens (including phenoxy) is 1. The first-order valence-electron chi connectivity index (χ1n) is 6.00. The third-order valence-electron chi connectivity index (χ3n) is 2.43. The lowest BCUT2D eigenvalue weighted by Gasteiger charge is -2.08. The minimum absolute atomic E-state index is 0.155. The molecule has 1 rings (SSSR count). The van der Waals surface area contributed by atoms with Crippen LogP contribution in [0.3, 0.4) is 0 Å². The Morgan fingerprint density at radius 3 is 2.74 bits per heavy atom. The van der Waals surface area contributed by atoms with E-state index < -0.39 is 5.97 Å². The third kappa shape index (κ3) is 5.25. The van der Waals surface area contributed by atoms with Gasteiger partial charge < -0.3 is 15.2 Å². The zero-order valence-electron chi connectivity index (χ0n) is 10.6. The summed E-state index contributed by atoms with van der Waals surface area (Å²) in [6.07, 6.45) is 2.71. The molecule has 0 atom stereocenters. The Hall–Kier alpha value is -2.30. The smallest absolute Gasteiger partial charge is 0.339 e. The Kier molecular flexibility index (Phi) is 6.15. The van der Waals surface area contributed by atoms with E-state index in [1.807, 2.05) is 0 Å². The highest BCUT2D eigenvalue weighted by atomic mass is 16.5. The van der Waals surface area contributed by atoms with E-state index in [0.717, 1.165) is 12.8 Å². The van der Waals surface area contributed by atoms with Gasteiger partial charge in [-0.3, -0.25) is 4.79 Å². The van der Waals surface area contributed by atoms with Crippen LogP contribution in [-0.2, 0) is 4.79 Å². The Morgan fingerprint density at radius 1 is 1.32 bits per heavy atom. The van der Waals surface area contributed by atoms with Gasteiger partial charge in [-0.05, 0) is 31.1 Å². The van der Waals surface area contributed by atoms with Crippen molar-refractivity contribution >= 4 is 11.9 Å². The molecule has 1 amide bonds. The fourth-order valence-corrected chi connectivity index (χ4v) is 1.46. The molecule has 0 bridgehead atoms. The lowest BCUT2D eigenvalue weighted by atomic mass is 10.2. The second-order valence-corrected chi connectivity index (χ2v) is 3.85. The summed E-state index contributed by atoms with van der Waals surface area (Å²) in [4.78, 5) is 21.8. The Balaban J connectivity index is 2.28. The number of amides is 1. The molecular formula is C14H17NO4. The average Bonchev–Trinajstić information content (AvgIpc) is 2.42. The van der Waals surface area contributed by atoms with Crippen LogP contribution in [0.2, 0.25) is 0 Å². The number of benzene rings is 1.